The fourth-order valence-electron chi connectivity index (χ4n) is 3.32. The van der Waals surface area contributed by atoms with E-state index in [0.717, 1.165) is 28.6 Å². The smallest absolute Gasteiger partial charge is 0.268 e. The number of carbonyl (C=O) groups is 1. The van der Waals surface area contributed by atoms with Crippen LogP contribution in [0, 0.1) is 0 Å². The van der Waals surface area contributed by atoms with Crippen molar-refractivity contribution in [3.63, 3.8) is 0 Å². The van der Waals surface area contributed by atoms with Gasteiger partial charge in [-0.05, 0) is 36.2 Å². The van der Waals surface area contributed by atoms with Crippen molar-refractivity contribution < 1.29 is 9.53 Å². The number of benzene rings is 2. The van der Waals surface area contributed by atoms with Crippen molar-refractivity contribution in [3.05, 3.63) is 64.8 Å². The quantitative estimate of drug-likeness (QED) is 0.754. The molecule has 4 nitrogen and oxygen atoms in total. The third kappa shape index (κ3) is 2.98. The third-order valence-corrected chi connectivity index (χ3v) is 4.83. The number of hydrogen-bond donors (Lipinski definition) is 1. The average molecular weight is 355 g/mol. The van der Waals surface area contributed by atoms with Crippen LogP contribution in [0.3, 0.4) is 0 Å². The number of hydrogen-bond acceptors (Lipinski definition) is 2. The molecular weight excluding hydrogens is 336 g/mol. The number of nitrogens with zero attached hydrogens (tertiary/aromatic N) is 1. The highest BCUT2D eigenvalue weighted by molar-refractivity contribution is 6.30. The van der Waals surface area contributed by atoms with Gasteiger partial charge in [0.05, 0.1) is 12.1 Å². The van der Waals surface area contributed by atoms with Crippen molar-refractivity contribution in [2.45, 2.75) is 32.5 Å². The zero-order chi connectivity index (χ0) is 17.4. The van der Waals surface area contributed by atoms with Gasteiger partial charge in [-0.1, -0.05) is 42.8 Å². The van der Waals surface area contributed by atoms with Crippen molar-refractivity contribution in [1.82, 2.24) is 9.88 Å². The lowest BCUT2D eigenvalue weighted by molar-refractivity contribution is 0.0935. The first-order chi connectivity index (χ1) is 12.2. The van der Waals surface area contributed by atoms with Crippen LogP contribution in [0.5, 0.6) is 5.75 Å². The first-order valence-corrected chi connectivity index (χ1v) is 8.85. The van der Waals surface area contributed by atoms with E-state index in [1.54, 1.807) is 0 Å². The molecule has 4 rings (SSSR count). The van der Waals surface area contributed by atoms with E-state index in [-0.39, 0.29) is 12.0 Å². The van der Waals surface area contributed by atoms with Gasteiger partial charge in [-0.25, -0.2) is 0 Å². The minimum absolute atomic E-state index is 0.0844. The molecule has 3 aromatic rings. The summed E-state index contributed by atoms with van der Waals surface area (Å²) in [4.78, 5) is 12.8. The number of para-hydroxylation sites is 1. The minimum atomic E-state index is -0.0844. The number of aromatic nitrogens is 1. The number of nitrogens with one attached hydrogen (secondary N) is 1. The highest BCUT2D eigenvalue weighted by atomic mass is 35.5. The van der Waals surface area contributed by atoms with Crippen LogP contribution in [0.15, 0.2) is 48.5 Å². The van der Waals surface area contributed by atoms with Crippen LogP contribution in [0.4, 0.5) is 0 Å². The van der Waals surface area contributed by atoms with E-state index in [1.165, 1.54) is 0 Å². The normalized spacial score (nSPS) is 15.8. The van der Waals surface area contributed by atoms with E-state index in [1.807, 2.05) is 48.5 Å². The van der Waals surface area contributed by atoms with Gasteiger partial charge in [0.2, 0.25) is 0 Å². The second kappa shape index (κ2) is 6.45. The van der Waals surface area contributed by atoms with E-state index in [0.29, 0.717) is 23.8 Å². The molecule has 0 saturated heterocycles. The van der Waals surface area contributed by atoms with Gasteiger partial charge < -0.3 is 14.6 Å². The van der Waals surface area contributed by atoms with Crippen LogP contribution < -0.4 is 10.1 Å². The molecule has 0 aliphatic carbocycles. The first-order valence-electron chi connectivity index (χ1n) is 8.47. The van der Waals surface area contributed by atoms with E-state index >= 15 is 0 Å². The molecule has 128 valence electrons. The maximum atomic E-state index is 12.8. The predicted molar refractivity (Wildman–Crippen MR) is 99.3 cm³/mol. The summed E-state index contributed by atoms with van der Waals surface area (Å²) >= 11 is 6.00. The lowest BCUT2D eigenvalue weighted by Gasteiger charge is -2.26. The summed E-state index contributed by atoms with van der Waals surface area (Å²) in [5.74, 6) is 0.767. The summed E-state index contributed by atoms with van der Waals surface area (Å²) in [5, 5.41) is 4.69. The highest BCUT2D eigenvalue weighted by Gasteiger charge is 2.25. The average Bonchev–Trinajstić information content (AvgIpc) is 3.00. The summed E-state index contributed by atoms with van der Waals surface area (Å²) in [7, 11) is 0. The number of carbonyl (C=O) groups excluding carboxylic acids is 1. The van der Waals surface area contributed by atoms with Crippen LogP contribution in [0.2, 0.25) is 5.02 Å². The summed E-state index contributed by atoms with van der Waals surface area (Å²) in [6.07, 6.45) is 0.988. The Morgan fingerprint density at radius 3 is 2.92 bits per heavy atom. The van der Waals surface area contributed by atoms with Crippen molar-refractivity contribution in [1.29, 1.82) is 0 Å². The van der Waals surface area contributed by atoms with Crippen molar-refractivity contribution >= 4 is 28.4 Å². The van der Waals surface area contributed by atoms with Crippen molar-refractivity contribution in [3.8, 4) is 5.75 Å². The van der Waals surface area contributed by atoms with E-state index in [2.05, 4.69) is 16.8 Å². The topological polar surface area (TPSA) is 43.3 Å². The Morgan fingerprint density at radius 1 is 1.28 bits per heavy atom. The number of amides is 1. The number of ether oxygens (including phenoxy) is 1. The Labute approximate surface area is 151 Å². The highest BCUT2D eigenvalue weighted by Crippen LogP contribution is 2.34. The van der Waals surface area contributed by atoms with Crippen LogP contribution in [0.1, 0.15) is 29.4 Å². The maximum Gasteiger partial charge on any atom is 0.268 e. The summed E-state index contributed by atoms with van der Waals surface area (Å²) in [5.41, 5.74) is 2.65. The van der Waals surface area contributed by atoms with Gasteiger partial charge in [0.15, 0.2) is 0 Å². The zero-order valence-corrected chi connectivity index (χ0v) is 14.7. The Balaban J connectivity index is 1.63. The third-order valence-electron chi connectivity index (χ3n) is 4.59. The largest absolute Gasteiger partial charge is 0.486 e. The van der Waals surface area contributed by atoms with Crippen LogP contribution >= 0.6 is 11.6 Å². The molecule has 0 spiro atoms. The summed E-state index contributed by atoms with van der Waals surface area (Å²) in [6, 6.07) is 15.4. The molecule has 1 atom stereocenters. The van der Waals surface area contributed by atoms with Gasteiger partial charge in [0, 0.05) is 17.0 Å². The van der Waals surface area contributed by atoms with Crippen molar-refractivity contribution in [2.75, 3.05) is 0 Å². The Hall–Kier alpha value is -2.46. The molecule has 5 heteroatoms. The van der Waals surface area contributed by atoms with Gasteiger partial charge in [0.1, 0.15) is 17.5 Å². The fourth-order valence-corrected chi connectivity index (χ4v) is 3.53. The molecule has 0 unspecified atom stereocenters. The Morgan fingerprint density at radius 2 is 2.12 bits per heavy atom. The SMILES string of the molecule is CC[C@@H]1Cn2c(C(=O)NCc3cccc(Cl)c3)cc3cccc(c32)O1. The lowest BCUT2D eigenvalue weighted by atomic mass is 10.2. The molecule has 25 heavy (non-hydrogen) atoms. The Bertz CT molecular complexity index is 948. The molecule has 1 aromatic heterocycles. The molecule has 2 aromatic carbocycles. The predicted octanol–water partition coefficient (Wildman–Crippen LogP) is 4.40. The maximum absolute atomic E-state index is 12.8. The first kappa shape index (κ1) is 16.0. The monoisotopic (exact) mass is 354 g/mol. The Kier molecular flexibility index (Phi) is 4.14. The van der Waals surface area contributed by atoms with Gasteiger partial charge in [0.25, 0.3) is 5.91 Å². The standard InChI is InChI=1S/C20H19ClN2O2/c1-2-16-12-23-17(10-14-6-4-8-18(25-16)19(14)23)20(24)22-11-13-5-3-7-15(21)9-13/h3-10,16H,2,11-12H2,1H3,(H,22,24)/t16-/m1/s1. The lowest BCUT2D eigenvalue weighted by Crippen LogP contribution is -2.31. The van der Waals surface area contributed by atoms with Crippen molar-refractivity contribution in [2.24, 2.45) is 0 Å². The second-order valence-electron chi connectivity index (χ2n) is 6.29. The summed E-state index contributed by atoms with van der Waals surface area (Å²) in [6.45, 7) is 3.23. The number of rotatable bonds is 4. The van der Waals surface area contributed by atoms with Crippen LogP contribution in [-0.4, -0.2) is 16.6 Å². The van der Waals surface area contributed by atoms with E-state index in [4.69, 9.17) is 16.3 Å². The van der Waals surface area contributed by atoms with E-state index in [9.17, 15) is 4.79 Å². The molecule has 2 heterocycles. The molecular formula is C20H19ClN2O2. The van der Waals surface area contributed by atoms with Gasteiger partial charge >= 0.3 is 0 Å². The van der Waals surface area contributed by atoms with Gasteiger partial charge in [-0.3, -0.25) is 4.79 Å². The van der Waals surface area contributed by atoms with Gasteiger partial charge in [-0.15, -0.1) is 0 Å². The van der Waals surface area contributed by atoms with Gasteiger partial charge in [-0.2, -0.15) is 0 Å². The van der Waals surface area contributed by atoms with Crippen LogP contribution in [-0.2, 0) is 13.1 Å². The molecule has 1 aliphatic rings. The van der Waals surface area contributed by atoms with Crippen LogP contribution in [0.25, 0.3) is 10.9 Å². The molecule has 1 amide bonds. The zero-order valence-electron chi connectivity index (χ0n) is 14.0. The molecule has 1 aliphatic heterocycles. The molecule has 1 N–H and O–H groups in total. The number of halogens is 1. The summed E-state index contributed by atoms with van der Waals surface area (Å²) < 4.78 is 8.10. The molecule has 0 fully saturated rings. The molecule has 0 saturated carbocycles. The molecule has 0 radical (unpaired) electrons. The minimum Gasteiger partial charge on any atom is -0.486 e. The molecule has 0 bridgehead atoms. The fraction of sp³-hybridized carbons (Fsp3) is 0.250. The second-order valence-corrected chi connectivity index (χ2v) is 6.73. The van der Waals surface area contributed by atoms with E-state index < -0.39 is 0 Å².